The van der Waals surface area contributed by atoms with Crippen LogP contribution in [0.25, 0.3) is 5.70 Å². The van der Waals surface area contributed by atoms with E-state index in [9.17, 15) is 0 Å². The van der Waals surface area contributed by atoms with Crippen LogP contribution >= 0.6 is 34.8 Å². The molecule has 2 atom stereocenters. The smallest absolute Gasteiger partial charge is 0.226 e. The van der Waals surface area contributed by atoms with Gasteiger partial charge in [-0.1, -0.05) is 53.0 Å². The minimum absolute atomic E-state index is 0.316. The molecule has 4 aromatic rings. The molecule has 34 heavy (non-hydrogen) atoms. The summed E-state index contributed by atoms with van der Waals surface area (Å²) in [7, 11) is 1.64. The van der Waals surface area contributed by atoms with E-state index in [4.69, 9.17) is 44.3 Å². The molecule has 3 aromatic carbocycles. The zero-order valence-electron chi connectivity index (χ0n) is 17.8. The summed E-state index contributed by atoms with van der Waals surface area (Å²) in [6, 6.07) is 18.5. The van der Waals surface area contributed by atoms with E-state index < -0.39 is 6.10 Å². The zero-order chi connectivity index (χ0) is 23.4. The molecule has 0 spiro atoms. The quantitative estimate of drug-likeness (QED) is 0.327. The lowest BCUT2D eigenvalue weighted by Gasteiger charge is -2.39. The first-order valence-corrected chi connectivity index (χ1v) is 11.6. The van der Waals surface area contributed by atoms with Crippen molar-refractivity contribution in [2.45, 2.75) is 12.1 Å². The highest BCUT2D eigenvalue weighted by Crippen LogP contribution is 2.52. The second kappa shape index (κ2) is 8.24. The number of rotatable bonds is 3. The predicted molar refractivity (Wildman–Crippen MR) is 133 cm³/mol. The Labute approximate surface area is 210 Å². The highest BCUT2D eigenvalue weighted by molar-refractivity contribution is 6.35. The van der Waals surface area contributed by atoms with Gasteiger partial charge in [-0.3, -0.25) is 0 Å². The van der Waals surface area contributed by atoms with E-state index in [1.165, 1.54) is 6.33 Å². The Morgan fingerprint density at radius 1 is 0.971 bits per heavy atom. The summed E-state index contributed by atoms with van der Waals surface area (Å²) in [5.41, 5.74) is 4.42. The Hall–Kier alpha value is -3.19. The summed E-state index contributed by atoms with van der Waals surface area (Å²) in [5.74, 6) is 2.07. The van der Waals surface area contributed by atoms with Gasteiger partial charge in [0.2, 0.25) is 5.95 Å². The van der Waals surface area contributed by atoms with Crippen LogP contribution in [-0.2, 0) is 0 Å². The van der Waals surface area contributed by atoms with Crippen LogP contribution in [0.5, 0.6) is 11.5 Å². The van der Waals surface area contributed by atoms with Gasteiger partial charge in [0.1, 0.15) is 23.9 Å². The lowest BCUT2D eigenvalue weighted by molar-refractivity contribution is 0.223. The minimum atomic E-state index is -0.509. The number of halogens is 3. The molecule has 6 nitrogen and oxygen atoms in total. The summed E-state index contributed by atoms with van der Waals surface area (Å²) in [6.45, 7) is 0. The largest absolute Gasteiger partial charge is 0.497 e. The van der Waals surface area contributed by atoms with Crippen molar-refractivity contribution in [1.29, 1.82) is 0 Å². The Kier molecular flexibility index (Phi) is 5.17. The van der Waals surface area contributed by atoms with Gasteiger partial charge in [-0.2, -0.15) is 10.1 Å². The Morgan fingerprint density at radius 3 is 2.50 bits per heavy atom. The molecule has 2 aliphatic heterocycles. The molecule has 3 heterocycles. The third-order valence-corrected chi connectivity index (χ3v) is 6.85. The standard InChI is InChI=1S/C25H17Cl3N4O2/c1-33-16-6-2-13(3-7-16)23-21-22(31-25-29-12-30-32(23)25)18-10-14(26)5-9-20(18)34-24(21)17-8-4-15(27)11-19(17)28/h2-12,23-24H,1H3,(H,29,30,31). The van der Waals surface area contributed by atoms with Crippen LogP contribution in [0.2, 0.25) is 15.1 Å². The van der Waals surface area contributed by atoms with Crippen LogP contribution in [0.15, 0.2) is 72.6 Å². The molecule has 170 valence electrons. The van der Waals surface area contributed by atoms with Crippen molar-refractivity contribution >= 4 is 46.4 Å². The van der Waals surface area contributed by atoms with Gasteiger partial charge >= 0.3 is 0 Å². The van der Waals surface area contributed by atoms with E-state index in [1.54, 1.807) is 19.2 Å². The number of nitrogens with zero attached hydrogens (tertiary/aromatic N) is 3. The number of nitrogens with one attached hydrogen (secondary N) is 1. The number of hydrogen-bond donors (Lipinski definition) is 1. The number of benzene rings is 3. The number of anilines is 1. The normalized spacial score (nSPS) is 18.4. The van der Waals surface area contributed by atoms with Crippen molar-refractivity contribution in [3.63, 3.8) is 0 Å². The maximum absolute atomic E-state index is 6.68. The predicted octanol–water partition coefficient (Wildman–Crippen LogP) is 6.81. The highest BCUT2D eigenvalue weighted by Gasteiger charge is 2.41. The van der Waals surface area contributed by atoms with Crippen LogP contribution in [0, 0.1) is 0 Å². The molecule has 0 saturated heterocycles. The van der Waals surface area contributed by atoms with Gasteiger partial charge < -0.3 is 14.8 Å². The molecule has 0 bridgehead atoms. The second-order valence-electron chi connectivity index (χ2n) is 7.96. The van der Waals surface area contributed by atoms with E-state index in [0.29, 0.717) is 26.8 Å². The Morgan fingerprint density at radius 2 is 1.74 bits per heavy atom. The van der Waals surface area contributed by atoms with Gasteiger partial charge in [-0.05, 0) is 48.0 Å². The molecule has 1 aromatic heterocycles. The monoisotopic (exact) mass is 510 g/mol. The summed E-state index contributed by atoms with van der Waals surface area (Å²) < 4.78 is 13.8. The van der Waals surface area contributed by atoms with E-state index >= 15 is 0 Å². The molecule has 0 saturated carbocycles. The lowest BCUT2D eigenvalue weighted by atomic mass is 9.84. The topological polar surface area (TPSA) is 61.2 Å². The minimum Gasteiger partial charge on any atom is -0.497 e. The molecule has 0 radical (unpaired) electrons. The highest BCUT2D eigenvalue weighted by atomic mass is 35.5. The molecule has 2 unspecified atom stereocenters. The molecule has 9 heteroatoms. The molecular weight excluding hydrogens is 495 g/mol. The summed E-state index contributed by atoms with van der Waals surface area (Å²) >= 11 is 19.3. The maximum atomic E-state index is 6.68. The van der Waals surface area contributed by atoms with Crippen molar-refractivity contribution in [2.24, 2.45) is 0 Å². The van der Waals surface area contributed by atoms with E-state index in [2.05, 4.69) is 15.4 Å². The van der Waals surface area contributed by atoms with Gasteiger partial charge in [0.15, 0.2) is 6.10 Å². The summed E-state index contributed by atoms with van der Waals surface area (Å²) in [4.78, 5) is 4.44. The fraction of sp³-hybridized carbons (Fsp3) is 0.120. The Bertz CT molecular complexity index is 1450. The first-order chi connectivity index (χ1) is 16.5. The number of aromatic nitrogens is 3. The van der Waals surface area contributed by atoms with E-state index in [-0.39, 0.29) is 6.04 Å². The Balaban J connectivity index is 1.63. The summed E-state index contributed by atoms with van der Waals surface area (Å²) in [6.07, 6.45) is 1.02. The molecular formula is C25H17Cl3N4O2. The number of methoxy groups -OCH3 is 1. The van der Waals surface area contributed by atoms with E-state index in [0.717, 1.165) is 33.7 Å². The summed E-state index contributed by atoms with van der Waals surface area (Å²) in [5, 5.41) is 9.65. The van der Waals surface area contributed by atoms with Crippen molar-refractivity contribution < 1.29 is 9.47 Å². The van der Waals surface area contributed by atoms with Gasteiger partial charge in [0.05, 0.1) is 12.8 Å². The molecule has 0 aliphatic carbocycles. The van der Waals surface area contributed by atoms with Gasteiger partial charge in [0, 0.05) is 31.8 Å². The lowest BCUT2D eigenvalue weighted by Crippen LogP contribution is -2.32. The number of hydrogen-bond acceptors (Lipinski definition) is 5. The van der Waals surface area contributed by atoms with Crippen molar-refractivity contribution in [3.8, 4) is 11.5 Å². The van der Waals surface area contributed by atoms with Gasteiger partial charge in [0.25, 0.3) is 0 Å². The third-order valence-electron chi connectivity index (χ3n) is 6.05. The molecule has 2 aliphatic rings. The van der Waals surface area contributed by atoms with Crippen LogP contribution in [-0.4, -0.2) is 21.9 Å². The van der Waals surface area contributed by atoms with Crippen molar-refractivity contribution in [3.05, 3.63) is 104 Å². The molecule has 6 rings (SSSR count). The average Bonchev–Trinajstić information content (AvgIpc) is 3.31. The fourth-order valence-electron chi connectivity index (χ4n) is 4.52. The first-order valence-electron chi connectivity index (χ1n) is 10.5. The van der Waals surface area contributed by atoms with Gasteiger partial charge in [-0.15, -0.1) is 0 Å². The molecule has 0 fully saturated rings. The zero-order valence-corrected chi connectivity index (χ0v) is 20.1. The van der Waals surface area contributed by atoms with Crippen LogP contribution < -0.4 is 14.8 Å². The van der Waals surface area contributed by atoms with Crippen molar-refractivity contribution in [2.75, 3.05) is 12.4 Å². The number of ether oxygens (including phenoxy) is 2. The van der Waals surface area contributed by atoms with Crippen LogP contribution in [0.4, 0.5) is 5.95 Å². The molecule has 0 amide bonds. The second-order valence-corrected chi connectivity index (χ2v) is 9.24. The van der Waals surface area contributed by atoms with E-state index in [1.807, 2.05) is 53.2 Å². The fourth-order valence-corrected chi connectivity index (χ4v) is 5.20. The molecule has 1 N–H and O–H groups in total. The van der Waals surface area contributed by atoms with Crippen LogP contribution in [0.3, 0.4) is 0 Å². The van der Waals surface area contributed by atoms with Crippen LogP contribution in [0.1, 0.15) is 28.8 Å². The van der Waals surface area contributed by atoms with Gasteiger partial charge in [-0.25, -0.2) is 4.68 Å². The van der Waals surface area contributed by atoms with Crippen molar-refractivity contribution in [1.82, 2.24) is 14.8 Å². The third kappa shape index (κ3) is 3.41. The SMILES string of the molecule is COc1ccc(C2C3=C(Nc4ncnn42)c2cc(Cl)ccc2OC3c2ccc(Cl)cc2Cl)cc1. The first kappa shape index (κ1) is 21.4. The maximum Gasteiger partial charge on any atom is 0.226 e. The number of fused-ring (bicyclic) bond motifs is 3. The average molecular weight is 512 g/mol.